The highest BCUT2D eigenvalue weighted by Gasteiger charge is 2.28. The molecular weight excluding hydrogens is 356 g/mol. The fourth-order valence-corrected chi connectivity index (χ4v) is 3.31. The fourth-order valence-electron chi connectivity index (χ4n) is 3.31. The molecule has 1 aromatic rings. The van der Waals surface area contributed by atoms with Crippen LogP contribution in [0.25, 0.3) is 0 Å². The lowest BCUT2D eigenvalue weighted by Gasteiger charge is -2.22. The summed E-state index contributed by atoms with van der Waals surface area (Å²) in [7, 11) is 0. The molecule has 0 saturated carbocycles. The van der Waals surface area contributed by atoms with Crippen molar-refractivity contribution in [1.29, 1.82) is 0 Å². The van der Waals surface area contributed by atoms with E-state index in [-0.39, 0.29) is 17.8 Å². The first-order valence-electron chi connectivity index (χ1n) is 9.99. The quantitative estimate of drug-likeness (QED) is 0.463. The number of allylic oxidation sites excluding steroid dienone is 3. The lowest BCUT2D eigenvalue weighted by molar-refractivity contribution is -0.128. The second kappa shape index (κ2) is 11.3. The third-order valence-electron chi connectivity index (χ3n) is 4.82. The Labute approximate surface area is 166 Å². The number of pyridine rings is 1. The summed E-state index contributed by atoms with van der Waals surface area (Å²) in [6.45, 7) is 5.00. The third kappa shape index (κ3) is 7.18. The van der Waals surface area contributed by atoms with Gasteiger partial charge in [-0.05, 0) is 45.1 Å². The molecule has 1 fully saturated rings. The Balaban J connectivity index is 1.86. The van der Waals surface area contributed by atoms with Gasteiger partial charge in [-0.1, -0.05) is 43.2 Å². The van der Waals surface area contributed by atoms with Gasteiger partial charge in [0.05, 0.1) is 6.04 Å². The maximum absolute atomic E-state index is 12.2. The van der Waals surface area contributed by atoms with E-state index in [1.165, 1.54) is 24.5 Å². The molecule has 0 aliphatic carbocycles. The van der Waals surface area contributed by atoms with E-state index in [0.29, 0.717) is 19.4 Å². The molecule has 1 amide bonds. The molecule has 0 unspecified atom stereocenters. The number of amides is 1. The molecule has 1 atom stereocenters. The largest absolute Gasteiger partial charge is 0.512 e. The summed E-state index contributed by atoms with van der Waals surface area (Å²) in [4.78, 5) is 28.9. The number of hydrogen-bond donors (Lipinski definition) is 1. The van der Waals surface area contributed by atoms with E-state index in [2.05, 4.69) is 41.8 Å². The van der Waals surface area contributed by atoms with Gasteiger partial charge in [0.25, 0.3) is 0 Å². The second-order valence-corrected chi connectivity index (χ2v) is 7.13. The van der Waals surface area contributed by atoms with Crippen LogP contribution in [0.3, 0.4) is 0 Å². The molecule has 1 aliphatic rings. The Kier molecular flexibility index (Phi) is 8.72. The zero-order valence-electron chi connectivity index (χ0n) is 16.8. The average Bonchev–Trinajstić information content (AvgIpc) is 3.00. The molecule has 0 aromatic carbocycles. The van der Waals surface area contributed by atoms with Crippen molar-refractivity contribution in [2.45, 2.75) is 64.8 Å². The van der Waals surface area contributed by atoms with E-state index < -0.39 is 6.16 Å². The van der Waals surface area contributed by atoms with E-state index in [4.69, 9.17) is 5.11 Å². The van der Waals surface area contributed by atoms with Crippen molar-refractivity contribution >= 4 is 12.1 Å². The van der Waals surface area contributed by atoms with Gasteiger partial charge in [0, 0.05) is 24.7 Å². The van der Waals surface area contributed by atoms with Gasteiger partial charge in [-0.2, -0.15) is 0 Å². The smallest absolute Gasteiger partial charge is 0.449 e. The molecule has 0 bridgehead atoms. The number of unbranched alkanes of at least 4 members (excludes halogenated alkanes) is 1. The van der Waals surface area contributed by atoms with Gasteiger partial charge in [0.15, 0.2) is 0 Å². The average molecular weight is 386 g/mol. The van der Waals surface area contributed by atoms with E-state index in [1.54, 1.807) is 6.07 Å². The van der Waals surface area contributed by atoms with Crippen LogP contribution >= 0.6 is 0 Å². The normalized spacial score (nSPS) is 17.5. The van der Waals surface area contributed by atoms with Crippen LogP contribution in [0.5, 0.6) is 5.88 Å². The van der Waals surface area contributed by atoms with Crippen molar-refractivity contribution in [3.63, 3.8) is 0 Å². The minimum atomic E-state index is -1.37. The molecule has 28 heavy (non-hydrogen) atoms. The number of aromatic nitrogens is 1. The van der Waals surface area contributed by atoms with Gasteiger partial charge in [-0.15, -0.1) is 0 Å². The molecule has 0 spiro atoms. The van der Waals surface area contributed by atoms with Crippen LogP contribution < -0.4 is 4.74 Å². The summed E-state index contributed by atoms with van der Waals surface area (Å²) < 4.78 is 4.58. The Morgan fingerprint density at radius 2 is 2.21 bits per heavy atom. The van der Waals surface area contributed by atoms with Crippen LogP contribution in [0.4, 0.5) is 4.79 Å². The fraction of sp³-hybridized carbons (Fsp3) is 0.500. The molecule has 1 N–H and O–H groups in total. The summed E-state index contributed by atoms with van der Waals surface area (Å²) in [5, 5.41) is 8.67. The molecule has 6 nitrogen and oxygen atoms in total. The minimum Gasteiger partial charge on any atom is -0.449 e. The van der Waals surface area contributed by atoms with Crippen molar-refractivity contribution in [2.75, 3.05) is 6.54 Å². The molecule has 1 aliphatic heterocycles. The molecule has 1 aromatic heterocycles. The predicted molar refractivity (Wildman–Crippen MR) is 108 cm³/mol. The maximum atomic E-state index is 12.2. The maximum Gasteiger partial charge on any atom is 0.512 e. The van der Waals surface area contributed by atoms with Gasteiger partial charge >= 0.3 is 6.16 Å². The highest BCUT2D eigenvalue weighted by Crippen LogP contribution is 2.21. The van der Waals surface area contributed by atoms with E-state index in [9.17, 15) is 9.59 Å². The first kappa shape index (κ1) is 21.7. The van der Waals surface area contributed by atoms with Gasteiger partial charge < -0.3 is 14.7 Å². The van der Waals surface area contributed by atoms with Crippen LogP contribution in [0.15, 0.2) is 42.0 Å². The molecule has 0 radical (unpaired) electrons. The number of nitrogens with zero attached hydrogens (tertiary/aromatic N) is 2. The summed E-state index contributed by atoms with van der Waals surface area (Å²) in [5.74, 6) is 0.269. The molecule has 2 heterocycles. The Morgan fingerprint density at radius 3 is 2.96 bits per heavy atom. The molecule has 1 saturated heterocycles. The second-order valence-electron chi connectivity index (χ2n) is 7.13. The number of carbonyl (C=O) groups is 2. The highest BCUT2D eigenvalue weighted by molar-refractivity contribution is 5.79. The van der Waals surface area contributed by atoms with Crippen molar-refractivity contribution in [2.24, 2.45) is 0 Å². The van der Waals surface area contributed by atoms with Crippen LogP contribution in [0.1, 0.15) is 58.1 Å². The minimum absolute atomic E-state index is 0.0771. The van der Waals surface area contributed by atoms with Gasteiger partial charge in [-0.3, -0.25) is 4.79 Å². The van der Waals surface area contributed by atoms with Gasteiger partial charge in [-0.25, -0.2) is 9.78 Å². The van der Waals surface area contributed by atoms with Crippen molar-refractivity contribution < 1.29 is 19.4 Å². The van der Waals surface area contributed by atoms with Crippen molar-refractivity contribution in [3.05, 3.63) is 47.7 Å². The molecule has 2 rings (SSSR count). The topological polar surface area (TPSA) is 79.7 Å². The Bertz CT molecular complexity index is 727. The van der Waals surface area contributed by atoms with Gasteiger partial charge in [0.2, 0.25) is 11.8 Å². The Hall–Kier alpha value is -2.63. The number of carboxylic acid groups (broad SMARTS) is 1. The lowest BCUT2D eigenvalue weighted by Crippen LogP contribution is -2.32. The lowest BCUT2D eigenvalue weighted by atomic mass is 10.1. The third-order valence-corrected chi connectivity index (χ3v) is 4.82. The number of rotatable bonds is 10. The van der Waals surface area contributed by atoms with E-state index in [1.807, 2.05) is 11.0 Å². The van der Waals surface area contributed by atoms with Crippen LogP contribution in [-0.4, -0.2) is 39.6 Å². The van der Waals surface area contributed by atoms with Crippen LogP contribution in [0.2, 0.25) is 0 Å². The van der Waals surface area contributed by atoms with Crippen molar-refractivity contribution in [3.8, 4) is 5.88 Å². The standard InChI is InChI=1S/C22H30N2O4/c1-3-4-8-17(2)9-5-12-19-14-15-21(25)24(19)16-7-11-18-10-6-13-20(23-18)28-22(26)27/h5-6,9-10,12-13,19H,3-4,7-8,11,14-16H2,1-2H3,(H,26,27)/b12-5+,17-9+/t19-/m0/s1. The first-order chi connectivity index (χ1) is 13.5. The van der Waals surface area contributed by atoms with Crippen LogP contribution in [0, 0.1) is 0 Å². The zero-order valence-corrected chi connectivity index (χ0v) is 16.8. The summed E-state index contributed by atoms with van der Waals surface area (Å²) in [6, 6.07) is 5.22. The zero-order chi connectivity index (χ0) is 20.4. The number of aryl methyl sites for hydroxylation is 1. The number of hydrogen-bond acceptors (Lipinski definition) is 4. The molecular formula is C22H30N2O4. The summed E-state index contributed by atoms with van der Waals surface area (Å²) in [5.41, 5.74) is 2.12. The first-order valence-corrected chi connectivity index (χ1v) is 9.99. The van der Waals surface area contributed by atoms with Crippen molar-refractivity contribution in [1.82, 2.24) is 9.88 Å². The molecule has 6 heteroatoms. The van der Waals surface area contributed by atoms with E-state index in [0.717, 1.165) is 25.0 Å². The monoisotopic (exact) mass is 386 g/mol. The predicted octanol–water partition coefficient (Wildman–Crippen LogP) is 4.75. The Morgan fingerprint density at radius 1 is 1.39 bits per heavy atom. The summed E-state index contributed by atoms with van der Waals surface area (Å²) >= 11 is 0. The molecule has 152 valence electrons. The van der Waals surface area contributed by atoms with Gasteiger partial charge in [0.1, 0.15) is 0 Å². The SMILES string of the molecule is CCCC/C(C)=C/C=C/[C@H]1CCC(=O)N1CCCc1cccc(OC(=O)O)n1. The number of likely N-dealkylation sites (tertiary alicyclic amines) is 1. The number of carbonyl (C=O) groups excluding carboxylic acids is 1. The summed E-state index contributed by atoms with van der Waals surface area (Å²) in [6.07, 6.45) is 11.4. The highest BCUT2D eigenvalue weighted by atomic mass is 16.7. The van der Waals surface area contributed by atoms with E-state index >= 15 is 0 Å². The van der Waals surface area contributed by atoms with Crippen LogP contribution in [-0.2, 0) is 11.2 Å². The number of ether oxygens (including phenoxy) is 1.